The van der Waals surface area contributed by atoms with Crippen molar-refractivity contribution >= 4 is 18.2 Å². The van der Waals surface area contributed by atoms with E-state index < -0.39 is 23.3 Å². The zero-order valence-electron chi connectivity index (χ0n) is 30.3. The number of hydrogen-bond donors (Lipinski definition) is 2. The molecule has 12 heteroatoms. The van der Waals surface area contributed by atoms with Gasteiger partial charge in [0.1, 0.15) is 22.9 Å². The fourth-order valence-electron chi connectivity index (χ4n) is 5.88. The van der Waals surface area contributed by atoms with Gasteiger partial charge in [0, 0.05) is 18.7 Å². The van der Waals surface area contributed by atoms with Crippen molar-refractivity contribution < 1.29 is 28.6 Å². The van der Waals surface area contributed by atoms with Gasteiger partial charge in [-0.1, -0.05) is 55.5 Å². The predicted octanol–water partition coefficient (Wildman–Crippen LogP) is 8.14. The third kappa shape index (κ3) is 8.71. The third-order valence-electron chi connectivity index (χ3n) is 8.11. The van der Waals surface area contributed by atoms with Crippen molar-refractivity contribution in [3.63, 3.8) is 0 Å². The molecule has 12 nitrogen and oxygen atoms in total. The lowest BCUT2D eigenvalue weighted by atomic mass is 10.0. The molecule has 0 aliphatic carbocycles. The Balaban J connectivity index is 1.31. The van der Waals surface area contributed by atoms with Crippen molar-refractivity contribution in [2.45, 2.75) is 91.5 Å². The minimum Gasteiger partial charge on any atom is -0.464 e. The average Bonchev–Trinajstić information content (AvgIpc) is 3.83. The average molecular weight is 685 g/mol. The van der Waals surface area contributed by atoms with E-state index in [9.17, 15) is 14.4 Å². The van der Waals surface area contributed by atoms with Gasteiger partial charge in [-0.15, -0.1) is 0 Å². The number of imidazole rings is 2. The largest absolute Gasteiger partial charge is 0.464 e. The van der Waals surface area contributed by atoms with Gasteiger partial charge in [0.2, 0.25) is 0 Å². The van der Waals surface area contributed by atoms with Crippen LogP contribution in [0.25, 0.3) is 33.6 Å². The molecule has 5 rings (SSSR count). The van der Waals surface area contributed by atoms with Gasteiger partial charge in [0.15, 0.2) is 5.69 Å². The number of hydrogen-bond acceptors (Lipinski definition) is 8. The van der Waals surface area contributed by atoms with E-state index in [0.29, 0.717) is 24.6 Å². The van der Waals surface area contributed by atoms with Crippen LogP contribution in [0.4, 0.5) is 9.59 Å². The molecule has 2 N–H and O–H groups in total. The minimum absolute atomic E-state index is 0.144. The minimum atomic E-state index is -0.638. The van der Waals surface area contributed by atoms with Crippen LogP contribution in [0.2, 0.25) is 0 Å². The van der Waals surface area contributed by atoms with Crippen LogP contribution in [0.3, 0.4) is 0 Å². The van der Waals surface area contributed by atoms with Gasteiger partial charge < -0.3 is 29.1 Å². The molecule has 0 spiro atoms. The van der Waals surface area contributed by atoms with Crippen molar-refractivity contribution in [2.75, 3.05) is 20.2 Å². The maximum atomic E-state index is 12.9. The van der Waals surface area contributed by atoms with Crippen molar-refractivity contribution in [3.8, 4) is 33.6 Å². The van der Waals surface area contributed by atoms with Gasteiger partial charge in [0.25, 0.3) is 0 Å². The van der Waals surface area contributed by atoms with E-state index in [4.69, 9.17) is 14.2 Å². The first kappa shape index (κ1) is 36.2. The Bertz CT molecular complexity index is 1800. The number of carbonyl (C=O) groups excluding carboxylic acids is 3. The molecule has 266 valence electrons. The van der Waals surface area contributed by atoms with Gasteiger partial charge in [0.05, 0.1) is 37.3 Å². The molecule has 0 unspecified atom stereocenters. The molecule has 2 aromatic heterocycles. The van der Waals surface area contributed by atoms with E-state index in [1.165, 1.54) is 7.11 Å². The number of nitrogens with one attached hydrogen (secondary N) is 2. The maximum Gasteiger partial charge on any atom is 0.410 e. The molecule has 50 heavy (non-hydrogen) atoms. The fraction of sp³-hybridized carbons (Fsp3) is 0.447. The lowest BCUT2D eigenvalue weighted by molar-refractivity contribution is 0.0212. The maximum absolute atomic E-state index is 12.9. The van der Waals surface area contributed by atoms with Crippen LogP contribution in [0.15, 0.2) is 54.7 Å². The molecule has 1 atom stereocenters. The number of nitrogens with zero attached hydrogens (tertiary/aromatic N) is 4. The molecule has 0 radical (unpaired) electrons. The Hall–Kier alpha value is -5.13. The van der Waals surface area contributed by atoms with Gasteiger partial charge in [-0.25, -0.2) is 24.4 Å². The molecule has 0 saturated carbocycles. The van der Waals surface area contributed by atoms with Crippen LogP contribution in [0, 0.1) is 0 Å². The lowest BCUT2D eigenvalue weighted by Crippen LogP contribution is -2.37. The van der Waals surface area contributed by atoms with E-state index in [0.717, 1.165) is 53.0 Å². The number of aromatic amines is 2. The quantitative estimate of drug-likeness (QED) is 0.133. The highest BCUT2D eigenvalue weighted by Crippen LogP contribution is 2.34. The zero-order valence-corrected chi connectivity index (χ0v) is 30.3. The second kappa shape index (κ2) is 14.8. The number of rotatable bonds is 9. The Labute approximate surface area is 293 Å². The smallest absolute Gasteiger partial charge is 0.410 e. The van der Waals surface area contributed by atoms with E-state index in [1.54, 1.807) is 16.0 Å². The second-order valence-corrected chi connectivity index (χ2v) is 14.5. The summed E-state index contributed by atoms with van der Waals surface area (Å²) in [5, 5.41) is 0. The molecule has 1 aliphatic rings. The highest BCUT2D eigenvalue weighted by Gasteiger charge is 2.35. The topological polar surface area (TPSA) is 143 Å². The summed E-state index contributed by atoms with van der Waals surface area (Å²) >= 11 is 0. The van der Waals surface area contributed by atoms with Gasteiger partial charge >= 0.3 is 18.2 Å². The van der Waals surface area contributed by atoms with E-state index in [1.807, 2.05) is 97.0 Å². The molecule has 3 heterocycles. The first-order valence-corrected chi connectivity index (χ1v) is 17.1. The summed E-state index contributed by atoms with van der Waals surface area (Å²) in [6, 6.07) is 15.8. The van der Waals surface area contributed by atoms with Gasteiger partial charge in [-0.2, -0.15) is 0 Å². The number of H-pyrrole nitrogens is 2. The Morgan fingerprint density at radius 2 is 1.48 bits per heavy atom. The van der Waals surface area contributed by atoms with Crippen LogP contribution in [0.5, 0.6) is 0 Å². The van der Waals surface area contributed by atoms with Crippen LogP contribution >= 0.6 is 0 Å². The first-order chi connectivity index (χ1) is 23.7. The zero-order chi connectivity index (χ0) is 36.2. The van der Waals surface area contributed by atoms with Crippen LogP contribution in [-0.4, -0.2) is 79.3 Å². The highest BCUT2D eigenvalue weighted by molar-refractivity contribution is 5.94. The van der Waals surface area contributed by atoms with Crippen LogP contribution in [0.1, 0.15) is 95.9 Å². The van der Waals surface area contributed by atoms with E-state index in [-0.39, 0.29) is 24.4 Å². The number of methoxy groups -OCH3 is 1. The monoisotopic (exact) mass is 684 g/mol. The summed E-state index contributed by atoms with van der Waals surface area (Å²) in [5.41, 5.74) is 4.05. The summed E-state index contributed by atoms with van der Waals surface area (Å²) < 4.78 is 16.2. The normalized spacial score (nSPS) is 14.8. The molecule has 1 fully saturated rings. The van der Waals surface area contributed by atoms with Crippen molar-refractivity contribution in [1.29, 1.82) is 0 Å². The van der Waals surface area contributed by atoms with Gasteiger partial charge in [-0.05, 0) is 77.5 Å². The number of amides is 2. The Kier molecular flexibility index (Phi) is 10.7. The summed E-state index contributed by atoms with van der Waals surface area (Å²) in [6.07, 6.45) is 3.49. The number of aromatic nitrogens is 4. The Morgan fingerprint density at radius 3 is 2.06 bits per heavy atom. The van der Waals surface area contributed by atoms with Gasteiger partial charge in [-0.3, -0.25) is 4.90 Å². The van der Waals surface area contributed by atoms with Crippen molar-refractivity contribution in [1.82, 2.24) is 29.7 Å². The Morgan fingerprint density at radius 1 is 0.880 bits per heavy atom. The van der Waals surface area contributed by atoms with E-state index in [2.05, 4.69) is 19.9 Å². The van der Waals surface area contributed by atoms with Crippen LogP contribution in [-0.2, 0) is 20.8 Å². The number of esters is 1. The molecule has 0 bridgehead atoms. The number of benzene rings is 2. The number of carbonyl (C=O) groups is 3. The second-order valence-electron chi connectivity index (χ2n) is 14.5. The molecular formula is C38H48N6O6. The summed E-state index contributed by atoms with van der Waals surface area (Å²) in [7, 11) is 1.31. The predicted molar refractivity (Wildman–Crippen MR) is 190 cm³/mol. The van der Waals surface area contributed by atoms with Crippen LogP contribution < -0.4 is 0 Å². The standard InChI is InChI=1S/C38H48N6O6/c1-9-20-43(35(46)49-37(2,3)4)23-30-41-31(32(42-30)34(45)48-8)27-18-14-25(15-19-27)24-12-16-26(17-13-24)28-22-39-33(40-28)29-11-10-21-44(29)36(47)50-38(5,6)7/h12-19,22,29H,9-11,20-21,23H2,1-8H3,(H,39,40)(H,41,42)/t29-/m0/s1. The third-order valence-corrected chi connectivity index (χ3v) is 8.11. The van der Waals surface area contributed by atoms with Crippen molar-refractivity contribution in [2.24, 2.45) is 0 Å². The highest BCUT2D eigenvalue weighted by atomic mass is 16.6. The summed E-state index contributed by atoms with van der Waals surface area (Å²) in [5.74, 6) is 0.625. The molecule has 2 amide bonds. The molecular weight excluding hydrogens is 636 g/mol. The number of likely N-dealkylation sites (tertiary alicyclic amines) is 1. The lowest BCUT2D eigenvalue weighted by Gasteiger charge is -2.27. The molecule has 2 aromatic carbocycles. The summed E-state index contributed by atoms with van der Waals surface area (Å²) in [4.78, 5) is 57.5. The van der Waals surface area contributed by atoms with E-state index >= 15 is 0 Å². The first-order valence-electron chi connectivity index (χ1n) is 17.1. The summed E-state index contributed by atoms with van der Waals surface area (Å²) in [6.45, 7) is 14.3. The number of ether oxygens (including phenoxy) is 3. The SMILES string of the molecule is CCCN(Cc1nc(C(=O)OC)c(-c2ccc(-c3ccc(-c4cnc([C@@H]5CCCN5C(=O)OC(C)(C)C)[nH]4)cc3)cc2)[nH]1)C(=O)OC(C)(C)C. The fourth-order valence-corrected chi connectivity index (χ4v) is 5.88. The molecule has 4 aromatic rings. The molecule has 1 aliphatic heterocycles. The van der Waals surface area contributed by atoms with Crippen molar-refractivity contribution in [3.05, 3.63) is 72.1 Å². The molecule has 1 saturated heterocycles.